The van der Waals surface area contributed by atoms with E-state index in [4.69, 9.17) is 9.47 Å². The predicted molar refractivity (Wildman–Crippen MR) is 88.3 cm³/mol. The summed E-state index contributed by atoms with van der Waals surface area (Å²) in [6, 6.07) is 12.3. The van der Waals surface area contributed by atoms with Crippen LogP contribution < -0.4 is 14.8 Å². The summed E-state index contributed by atoms with van der Waals surface area (Å²) >= 11 is 0. The lowest BCUT2D eigenvalue weighted by Crippen LogP contribution is -2.17. The number of ether oxygens (including phenoxy) is 2. The number of hydrogen-bond acceptors (Lipinski definition) is 4. The molecule has 0 saturated heterocycles. The summed E-state index contributed by atoms with van der Waals surface area (Å²) in [6.07, 6.45) is -0.266. The number of para-hydroxylation sites is 1. The van der Waals surface area contributed by atoms with E-state index >= 15 is 0 Å². The van der Waals surface area contributed by atoms with Crippen LogP contribution >= 0.6 is 0 Å². The molecule has 0 fully saturated rings. The number of rotatable bonds is 6. The normalized spacial score (nSPS) is 10.0. The molecule has 0 heterocycles. The third-order valence-corrected chi connectivity index (χ3v) is 3.45. The van der Waals surface area contributed by atoms with Crippen molar-refractivity contribution in [2.24, 2.45) is 0 Å². The highest BCUT2D eigenvalue weighted by Gasteiger charge is 2.17. The van der Waals surface area contributed by atoms with Crippen LogP contribution in [0.3, 0.4) is 0 Å². The Bertz CT molecular complexity index is 725. The number of Topliss-reactive ketones (excluding diaryl/α,β-unsaturated/α-hetero) is 1. The maximum absolute atomic E-state index is 12.4. The lowest BCUT2D eigenvalue weighted by atomic mass is 10.1. The highest BCUT2D eigenvalue weighted by Crippen LogP contribution is 2.25. The number of hydrogen-bond donors (Lipinski definition) is 1. The van der Waals surface area contributed by atoms with Gasteiger partial charge in [0.15, 0.2) is 5.78 Å². The first-order chi connectivity index (χ1) is 11.0. The fourth-order valence-corrected chi connectivity index (χ4v) is 2.18. The van der Waals surface area contributed by atoms with Crippen molar-refractivity contribution in [1.29, 1.82) is 0 Å². The molecule has 0 unspecified atom stereocenters. The molecular weight excluding hydrogens is 294 g/mol. The van der Waals surface area contributed by atoms with Gasteiger partial charge in [-0.15, -0.1) is 0 Å². The molecule has 0 aliphatic carbocycles. The first kappa shape index (κ1) is 16.5. The lowest BCUT2D eigenvalue weighted by molar-refractivity contribution is -0.115. The maximum atomic E-state index is 12.4. The minimum absolute atomic E-state index is 0.266. The highest BCUT2D eigenvalue weighted by molar-refractivity contribution is 6.12. The minimum atomic E-state index is -0.367. The van der Waals surface area contributed by atoms with Crippen LogP contribution in [0.1, 0.15) is 22.3 Å². The van der Waals surface area contributed by atoms with Crippen LogP contribution in [0.4, 0.5) is 5.69 Å². The van der Waals surface area contributed by atoms with Gasteiger partial charge in [-0.05, 0) is 36.8 Å². The van der Waals surface area contributed by atoms with Gasteiger partial charge in [0.2, 0.25) is 5.91 Å². The molecule has 0 spiro atoms. The molecule has 0 bridgehead atoms. The van der Waals surface area contributed by atoms with Gasteiger partial charge in [0, 0.05) is 5.69 Å². The molecule has 0 radical (unpaired) electrons. The fraction of sp³-hybridized carbons (Fsp3) is 0.222. The summed E-state index contributed by atoms with van der Waals surface area (Å²) in [5.74, 6) is 0.258. The number of amides is 1. The zero-order valence-corrected chi connectivity index (χ0v) is 13.4. The molecule has 0 atom stereocenters. The van der Waals surface area contributed by atoms with E-state index < -0.39 is 0 Å². The molecule has 0 saturated carbocycles. The summed E-state index contributed by atoms with van der Waals surface area (Å²) in [6.45, 7) is 1.89. The summed E-state index contributed by atoms with van der Waals surface area (Å²) in [7, 11) is 2.99. The molecule has 0 aliphatic rings. The molecule has 1 N–H and O–H groups in total. The van der Waals surface area contributed by atoms with Crippen LogP contribution in [0, 0.1) is 6.92 Å². The number of carbonyl (C=O) groups excluding carboxylic acids is 2. The second-order valence-electron chi connectivity index (χ2n) is 5.03. The van der Waals surface area contributed by atoms with Crippen molar-refractivity contribution >= 4 is 17.4 Å². The summed E-state index contributed by atoms with van der Waals surface area (Å²) in [5.41, 5.74) is 1.96. The van der Waals surface area contributed by atoms with Crippen LogP contribution in [0.5, 0.6) is 11.5 Å². The Hall–Kier alpha value is -2.82. The van der Waals surface area contributed by atoms with E-state index in [1.165, 1.54) is 14.2 Å². The molecule has 2 aromatic carbocycles. The van der Waals surface area contributed by atoms with Crippen molar-refractivity contribution < 1.29 is 19.1 Å². The summed E-state index contributed by atoms with van der Waals surface area (Å²) < 4.78 is 10.3. The van der Waals surface area contributed by atoms with Gasteiger partial charge in [0.05, 0.1) is 26.2 Å². The first-order valence-corrected chi connectivity index (χ1v) is 7.16. The molecule has 2 rings (SSSR count). The number of benzene rings is 2. The van der Waals surface area contributed by atoms with Crippen LogP contribution in [-0.2, 0) is 4.79 Å². The summed E-state index contributed by atoms with van der Waals surface area (Å²) in [5, 5.41) is 2.75. The Labute approximate surface area is 135 Å². The Morgan fingerprint density at radius 2 is 1.78 bits per heavy atom. The molecule has 0 aliphatic heterocycles. The molecule has 0 aromatic heterocycles. The average molecular weight is 313 g/mol. The molecule has 5 nitrogen and oxygen atoms in total. The standard InChI is InChI=1S/C18H19NO4/c1-12-6-4-5-7-15(12)19-18(21)11-16(20)14-10-13(22-2)8-9-17(14)23-3/h4-10H,11H2,1-3H3,(H,19,21). The second-order valence-corrected chi connectivity index (χ2v) is 5.03. The first-order valence-electron chi connectivity index (χ1n) is 7.16. The molecule has 120 valence electrons. The smallest absolute Gasteiger partial charge is 0.232 e. The van der Waals surface area contributed by atoms with E-state index in [1.54, 1.807) is 24.3 Å². The van der Waals surface area contributed by atoms with E-state index in [0.29, 0.717) is 22.7 Å². The number of methoxy groups -OCH3 is 2. The zero-order chi connectivity index (χ0) is 16.8. The van der Waals surface area contributed by atoms with E-state index in [9.17, 15) is 9.59 Å². The lowest BCUT2D eigenvalue weighted by Gasteiger charge is -2.10. The Balaban J connectivity index is 2.12. The minimum Gasteiger partial charge on any atom is -0.497 e. The predicted octanol–water partition coefficient (Wildman–Crippen LogP) is 3.22. The van der Waals surface area contributed by atoms with Crippen LogP contribution in [0.25, 0.3) is 0 Å². The average Bonchev–Trinajstić information content (AvgIpc) is 2.56. The quantitative estimate of drug-likeness (QED) is 0.657. The van der Waals surface area contributed by atoms with Gasteiger partial charge in [-0.25, -0.2) is 0 Å². The maximum Gasteiger partial charge on any atom is 0.232 e. The van der Waals surface area contributed by atoms with Crippen molar-refractivity contribution in [3.8, 4) is 11.5 Å². The van der Waals surface area contributed by atoms with Crippen molar-refractivity contribution in [2.45, 2.75) is 13.3 Å². The van der Waals surface area contributed by atoms with Crippen molar-refractivity contribution in [1.82, 2.24) is 0 Å². The third kappa shape index (κ3) is 4.10. The SMILES string of the molecule is COc1ccc(OC)c(C(=O)CC(=O)Nc2ccccc2C)c1. The van der Waals surface area contributed by atoms with Gasteiger partial charge >= 0.3 is 0 Å². The summed E-state index contributed by atoms with van der Waals surface area (Å²) in [4.78, 5) is 24.5. The molecular formula is C18H19NO4. The highest BCUT2D eigenvalue weighted by atomic mass is 16.5. The Morgan fingerprint density at radius 3 is 2.43 bits per heavy atom. The van der Waals surface area contributed by atoms with Gasteiger partial charge < -0.3 is 14.8 Å². The molecule has 23 heavy (non-hydrogen) atoms. The van der Waals surface area contributed by atoms with E-state index in [1.807, 2.05) is 25.1 Å². The van der Waals surface area contributed by atoms with Crippen molar-refractivity contribution in [3.05, 3.63) is 53.6 Å². The van der Waals surface area contributed by atoms with Crippen LogP contribution in [0.2, 0.25) is 0 Å². The Morgan fingerprint density at radius 1 is 1.04 bits per heavy atom. The van der Waals surface area contributed by atoms with Gasteiger partial charge in [-0.3, -0.25) is 9.59 Å². The van der Waals surface area contributed by atoms with Crippen molar-refractivity contribution in [2.75, 3.05) is 19.5 Å². The Kier molecular flexibility index (Phi) is 5.36. The van der Waals surface area contributed by atoms with Crippen LogP contribution in [-0.4, -0.2) is 25.9 Å². The second kappa shape index (κ2) is 7.45. The van der Waals surface area contributed by atoms with Gasteiger partial charge in [-0.2, -0.15) is 0 Å². The van der Waals surface area contributed by atoms with Crippen LogP contribution in [0.15, 0.2) is 42.5 Å². The molecule has 1 amide bonds. The largest absolute Gasteiger partial charge is 0.497 e. The monoisotopic (exact) mass is 313 g/mol. The fourth-order valence-electron chi connectivity index (χ4n) is 2.18. The van der Waals surface area contributed by atoms with E-state index in [0.717, 1.165) is 5.56 Å². The van der Waals surface area contributed by atoms with Gasteiger partial charge in [-0.1, -0.05) is 18.2 Å². The van der Waals surface area contributed by atoms with Gasteiger partial charge in [0.25, 0.3) is 0 Å². The topological polar surface area (TPSA) is 64.6 Å². The number of ketones is 1. The third-order valence-electron chi connectivity index (χ3n) is 3.45. The van der Waals surface area contributed by atoms with E-state index in [2.05, 4.69) is 5.32 Å². The number of anilines is 1. The van der Waals surface area contributed by atoms with Crippen molar-refractivity contribution in [3.63, 3.8) is 0 Å². The number of carbonyl (C=O) groups is 2. The number of nitrogens with one attached hydrogen (secondary N) is 1. The molecule has 5 heteroatoms. The zero-order valence-electron chi connectivity index (χ0n) is 13.4. The van der Waals surface area contributed by atoms with Gasteiger partial charge in [0.1, 0.15) is 11.5 Å². The number of aryl methyl sites for hydroxylation is 1. The van der Waals surface area contributed by atoms with E-state index in [-0.39, 0.29) is 18.1 Å². The molecule has 2 aromatic rings.